The predicted molar refractivity (Wildman–Crippen MR) is 66.9 cm³/mol. The molecule has 0 atom stereocenters. The number of alkyl halides is 3. The second-order valence-electron chi connectivity index (χ2n) is 5.90. The minimum absolute atomic E-state index is 0.356. The van der Waals surface area contributed by atoms with E-state index >= 15 is 0 Å². The van der Waals surface area contributed by atoms with Crippen LogP contribution in [-0.4, -0.2) is 48.3 Å². The summed E-state index contributed by atoms with van der Waals surface area (Å²) >= 11 is 0. The topological polar surface area (TPSA) is 44.4 Å². The highest BCUT2D eigenvalue weighted by molar-refractivity contribution is 5.75. The highest BCUT2D eigenvalue weighted by Crippen LogP contribution is 2.21. The molecule has 1 rings (SSSR count). The van der Waals surface area contributed by atoms with Crippen molar-refractivity contribution in [2.45, 2.75) is 51.4 Å². The Morgan fingerprint density at radius 2 is 1.79 bits per heavy atom. The van der Waals surface area contributed by atoms with Gasteiger partial charge in [0.15, 0.2) is 0 Å². The molecule has 4 nitrogen and oxygen atoms in total. The van der Waals surface area contributed by atoms with Crippen molar-refractivity contribution < 1.29 is 18.0 Å². The molecule has 7 heteroatoms. The quantitative estimate of drug-likeness (QED) is 0.814. The van der Waals surface area contributed by atoms with Gasteiger partial charge in [0.25, 0.3) is 0 Å². The van der Waals surface area contributed by atoms with Crippen LogP contribution in [0.1, 0.15) is 33.6 Å². The van der Waals surface area contributed by atoms with Crippen molar-refractivity contribution in [1.82, 2.24) is 15.5 Å². The molecule has 0 bridgehead atoms. The van der Waals surface area contributed by atoms with Gasteiger partial charge >= 0.3 is 12.2 Å². The molecule has 0 aliphatic carbocycles. The first kappa shape index (κ1) is 16.1. The maximum absolute atomic E-state index is 12.6. The fourth-order valence-electron chi connectivity index (χ4n) is 2.07. The predicted octanol–water partition coefficient (Wildman–Crippen LogP) is 2.11. The van der Waals surface area contributed by atoms with Gasteiger partial charge in [0.05, 0.1) is 0 Å². The van der Waals surface area contributed by atoms with Crippen LogP contribution in [0.4, 0.5) is 18.0 Å². The zero-order chi connectivity index (χ0) is 14.7. The summed E-state index contributed by atoms with van der Waals surface area (Å²) in [5.74, 6) is 0. The van der Waals surface area contributed by atoms with Crippen LogP contribution in [0.3, 0.4) is 0 Å². The van der Waals surface area contributed by atoms with Gasteiger partial charge in [0, 0.05) is 11.6 Å². The molecule has 0 saturated carbocycles. The molecule has 0 spiro atoms. The second kappa shape index (κ2) is 5.98. The van der Waals surface area contributed by atoms with E-state index in [4.69, 9.17) is 0 Å². The first-order chi connectivity index (χ1) is 8.58. The summed E-state index contributed by atoms with van der Waals surface area (Å²) in [6.07, 6.45) is -3.28. The van der Waals surface area contributed by atoms with Crippen LogP contribution in [0.15, 0.2) is 0 Å². The zero-order valence-corrected chi connectivity index (χ0v) is 11.6. The molecule has 1 saturated heterocycles. The van der Waals surface area contributed by atoms with Gasteiger partial charge in [-0.15, -0.1) is 0 Å². The normalized spacial score (nSPS) is 18.2. The largest absolute Gasteiger partial charge is 0.406 e. The Kier molecular flexibility index (Phi) is 5.06. The Morgan fingerprint density at radius 3 is 2.21 bits per heavy atom. The van der Waals surface area contributed by atoms with Gasteiger partial charge in [0.2, 0.25) is 0 Å². The first-order valence-electron chi connectivity index (χ1n) is 6.45. The molecule has 2 N–H and O–H groups in total. The van der Waals surface area contributed by atoms with Crippen molar-refractivity contribution in [2.24, 2.45) is 0 Å². The number of amides is 2. The fraction of sp³-hybridized carbons (Fsp3) is 0.917. The van der Waals surface area contributed by atoms with E-state index in [0.29, 0.717) is 25.9 Å². The minimum atomic E-state index is -4.37. The fourth-order valence-corrected chi connectivity index (χ4v) is 2.07. The highest BCUT2D eigenvalue weighted by Gasteiger charge is 2.37. The maximum atomic E-state index is 12.6. The molecule has 1 heterocycles. The van der Waals surface area contributed by atoms with E-state index in [0.717, 1.165) is 4.90 Å². The molecule has 2 amide bonds. The number of urea groups is 1. The Bertz CT molecular complexity index is 306. The van der Waals surface area contributed by atoms with E-state index in [-0.39, 0.29) is 6.04 Å². The van der Waals surface area contributed by atoms with Crippen LogP contribution < -0.4 is 10.6 Å². The number of nitrogens with zero attached hydrogens (tertiary/aromatic N) is 1. The van der Waals surface area contributed by atoms with E-state index in [1.54, 1.807) is 20.8 Å². The van der Waals surface area contributed by atoms with Crippen LogP contribution in [0.25, 0.3) is 0 Å². The smallest absolute Gasteiger partial charge is 0.333 e. The minimum Gasteiger partial charge on any atom is -0.333 e. The molecular formula is C12H22F3N3O. The van der Waals surface area contributed by atoms with Gasteiger partial charge in [-0.3, -0.25) is 0 Å². The summed E-state index contributed by atoms with van der Waals surface area (Å²) in [6, 6.07) is -0.998. The summed E-state index contributed by atoms with van der Waals surface area (Å²) in [5.41, 5.74) is -0.548. The summed E-state index contributed by atoms with van der Waals surface area (Å²) in [5, 5.41) is 5.69. The molecule has 0 aromatic carbocycles. The van der Waals surface area contributed by atoms with E-state index in [1.165, 1.54) is 0 Å². The van der Waals surface area contributed by atoms with Crippen LogP contribution in [0.2, 0.25) is 0 Å². The molecule has 0 aromatic heterocycles. The Balaban J connectivity index is 2.76. The van der Waals surface area contributed by atoms with Crippen LogP contribution in [-0.2, 0) is 0 Å². The lowest BCUT2D eigenvalue weighted by atomic mass is 10.0. The Morgan fingerprint density at radius 1 is 1.26 bits per heavy atom. The zero-order valence-electron chi connectivity index (χ0n) is 11.6. The average Bonchev–Trinajstić information content (AvgIpc) is 2.23. The number of piperidine rings is 1. The summed E-state index contributed by atoms with van der Waals surface area (Å²) in [6.45, 7) is 5.33. The summed E-state index contributed by atoms with van der Waals surface area (Å²) in [7, 11) is 0. The van der Waals surface area contributed by atoms with Crippen LogP contribution in [0.5, 0.6) is 0 Å². The summed E-state index contributed by atoms with van der Waals surface area (Å²) < 4.78 is 37.8. The van der Waals surface area contributed by atoms with E-state index < -0.39 is 24.3 Å². The van der Waals surface area contributed by atoms with Crippen molar-refractivity contribution in [3.63, 3.8) is 0 Å². The number of halogens is 3. The number of rotatable bonds is 2. The molecule has 112 valence electrons. The van der Waals surface area contributed by atoms with E-state index in [2.05, 4.69) is 10.6 Å². The van der Waals surface area contributed by atoms with Crippen molar-refractivity contribution in [2.75, 3.05) is 19.6 Å². The third-order valence-electron chi connectivity index (χ3n) is 2.84. The second-order valence-corrected chi connectivity index (χ2v) is 5.90. The van der Waals surface area contributed by atoms with Crippen molar-refractivity contribution in [3.8, 4) is 0 Å². The first-order valence-corrected chi connectivity index (χ1v) is 6.45. The van der Waals surface area contributed by atoms with E-state index in [9.17, 15) is 18.0 Å². The van der Waals surface area contributed by atoms with Crippen LogP contribution in [0, 0.1) is 0 Å². The monoisotopic (exact) mass is 281 g/mol. The number of hydrogen-bond donors (Lipinski definition) is 2. The highest BCUT2D eigenvalue weighted by atomic mass is 19.4. The molecule has 19 heavy (non-hydrogen) atoms. The van der Waals surface area contributed by atoms with Gasteiger partial charge in [0.1, 0.15) is 6.54 Å². The van der Waals surface area contributed by atoms with Gasteiger partial charge in [-0.05, 0) is 46.7 Å². The molecule has 0 aromatic rings. The Labute approximate surface area is 111 Å². The lowest BCUT2D eigenvalue weighted by molar-refractivity contribution is -0.144. The number of nitrogens with one attached hydrogen (secondary N) is 2. The van der Waals surface area contributed by atoms with Gasteiger partial charge in [-0.25, -0.2) is 4.79 Å². The van der Waals surface area contributed by atoms with Crippen LogP contribution >= 0.6 is 0 Å². The van der Waals surface area contributed by atoms with Crippen molar-refractivity contribution in [3.05, 3.63) is 0 Å². The van der Waals surface area contributed by atoms with Gasteiger partial charge in [-0.2, -0.15) is 13.2 Å². The van der Waals surface area contributed by atoms with Crippen molar-refractivity contribution in [1.29, 1.82) is 0 Å². The maximum Gasteiger partial charge on any atom is 0.406 e. The number of carbonyl (C=O) groups is 1. The number of carbonyl (C=O) groups excluding carboxylic acids is 1. The molecular weight excluding hydrogens is 259 g/mol. The Hall–Kier alpha value is -0.980. The molecule has 1 aliphatic heterocycles. The third kappa shape index (κ3) is 6.13. The molecule has 0 radical (unpaired) electrons. The summed E-state index contributed by atoms with van der Waals surface area (Å²) in [4.78, 5) is 13.0. The van der Waals surface area contributed by atoms with Crippen molar-refractivity contribution >= 4 is 6.03 Å². The lowest BCUT2D eigenvalue weighted by Gasteiger charge is -2.37. The average molecular weight is 281 g/mol. The molecule has 0 unspecified atom stereocenters. The molecule has 1 fully saturated rings. The van der Waals surface area contributed by atoms with Gasteiger partial charge < -0.3 is 15.5 Å². The third-order valence-corrected chi connectivity index (χ3v) is 2.84. The lowest BCUT2D eigenvalue weighted by Crippen LogP contribution is -2.56. The SMILES string of the molecule is CC(C)(C)NC(=O)N(CC(F)(F)F)C1CCNCC1. The van der Waals surface area contributed by atoms with Gasteiger partial charge in [-0.1, -0.05) is 0 Å². The van der Waals surface area contributed by atoms with E-state index in [1.807, 2.05) is 0 Å². The standard InChI is InChI=1S/C12H22F3N3O/c1-11(2,3)17-10(19)18(8-12(13,14)15)9-4-6-16-7-5-9/h9,16H,4-8H2,1-3H3,(H,17,19). The molecule has 1 aliphatic rings. The number of hydrogen-bond acceptors (Lipinski definition) is 2.